The molecule has 1 aliphatic carbocycles. The molecule has 50 valence electrons. The van der Waals surface area contributed by atoms with Crippen LogP contribution in [0.1, 0.15) is 19.3 Å². The SMILES string of the molecule is O=C1CNC1C1CCC1. The van der Waals surface area contributed by atoms with Gasteiger partial charge in [0, 0.05) is 0 Å². The Morgan fingerprint density at radius 1 is 1.44 bits per heavy atom. The minimum atomic E-state index is 0.263. The van der Waals surface area contributed by atoms with E-state index in [2.05, 4.69) is 5.32 Å². The van der Waals surface area contributed by atoms with Gasteiger partial charge >= 0.3 is 0 Å². The van der Waals surface area contributed by atoms with Gasteiger partial charge in [0.1, 0.15) is 0 Å². The molecule has 1 N–H and O–H groups in total. The zero-order chi connectivity index (χ0) is 6.27. The van der Waals surface area contributed by atoms with Crippen molar-refractivity contribution < 1.29 is 4.79 Å². The van der Waals surface area contributed by atoms with Crippen LogP contribution in [0, 0.1) is 5.92 Å². The molecule has 0 spiro atoms. The van der Waals surface area contributed by atoms with Crippen LogP contribution in [0.2, 0.25) is 0 Å². The van der Waals surface area contributed by atoms with Crippen molar-refractivity contribution in [2.24, 2.45) is 5.92 Å². The van der Waals surface area contributed by atoms with Gasteiger partial charge in [0.2, 0.25) is 0 Å². The molecule has 1 saturated carbocycles. The van der Waals surface area contributed by atoms with Gasteiger partial charge in [-0.3, -0.25) is 4.79 Å². The Kier molecular flexibility index (Phi) is 1.09. The second kappa shape index (κ2) is 1.81. The average Bonchev–Trinajstić information content (AvgIpc) is 1.74. The Balaban J connectivity index is 1.90. The predicted molar refractivity (Wildman–Crippen MR) is 34.1 cm³/mol. The Bertz CT molecular complexity index is 140. The summed E-state index contributed by atoms with van der Waals surface area (Å²) < 4.78 is 0. The van der Waals surface area contributed by atoms with Crippen molar-refractivity contribution >= 4 is 5.78 Å². The zero-order valence-corrected chi connectivity index (χ0v) is 5.39. The number of nitrogens with one attached hydrogen (secondary N) is 1. The smallest absolute Gasteiger partial charge is 0.163 e. The van der Waals surface area contributed by atoms with Crippen LogP contribution in [0.4, 0.5) is 0 Å². The summed E-state index contributed by atoms with van der Waals surface area (Å²) in [5.41, 5.74) is 0. The minimum Gasteiger partial charge on any atom is -0.300 e. The number of carbonyl (C=O) groups excluding carboxylic acids is 1. The van der Waals surface area contributed by atoms with E-state index in [0.29, 0.717) is 18.2 Å². The summed E-state index contributed by atoms with van der Waals surface area (Å²) in [6.45, 7) is 0.626. The minimum absolute atomic E-state index is 0.263. The lowest BCUT2D eigenvalue weighted by Gasteiger charge is -2.38. The monoisotopic (exact) mass is 125 g/mol. The summed E-state index contributed by atoms with van der Waals surface area (Å²) in [7, 11) is 0. The summed E-state index contributed by atoms with van der Waals surface area (Å²) in [6, 6.07) is 0.263. The van der Waals surface area contributed by atoms with Gasteiger partial charge < -0.3 is 5.32 Å². The van der Waals surface area contributed by atoms with Gasteiger partial charge in [0.25, 0.3) is 0 Å². The van der Waals surface area contributed by atoms with Crippen LogP contribution in [0.3, 0.4) is 0 Å². The van der Waals surface area contributed by atoms with E-state index >= 15 is 0 Å². The van der Waals surface area contributed by atoms with Crippen molar-refractivity contribution in [3.8, 4) is 0 Å². The average molecular weight is 125 g/mol. The van der Waals surface area contributed by atoms with Crippen molar-refractivity contribution in [2.75, 3.05) is 6.54 Å². The lowest BCUT2D eigenvalue weighted by Crippen LogP contribution is -2.58. The summed E-state index contributed by atoms with van der Waals surface area (Å²) >= 11 is 0. The molecule has 1 saturated heterocycles. The summed E-state index contributed by atoms with van der Waals surface area (Å²) in [6.07, 6.45) is 3.86. The lowest BCUT2D eigenvalue weighted by atomic mass is 9.76. The number of Topliss-reactive ketones (excluding diaryl/α,β-unsaturated/α-hetero) is 1. The van der Waals surface area contributed by atoms with Crippen LogP contribution < -0.4 is 5.32 Å². The molecule has 0 radical (unpaired) electrons. The van der Waals surface area contributed by atoms with Crippen molar-refractivity contribution in [1.29, 1.82) is 0 Å². The van der Waals surface area contributed by atoms with Crippen LogP contribution in [0.5, 0.6) is 0 Å². The molecule has 2 aliphatic rings. The molecule has 0 aromatic heterocycles. The highest BCUT2D eigenvalue weighted by molar-refractivity contribution is 5.91. The fraction of sp³-hybridized carbons (Fsp3) is 0.857. The van der Waals surface area contributed by atoms with Crippen LogP contribution in [-0.4, -0.2) is 18.4 Å². The first-order chi connectivity index (χ1) is 4.38. The molecule has 2 rings (SSSR count). The number of rotatable bonds is 1. The molecule has 1 atom stereocenters. The van der Waals surface area contributed by atoms with Crippen LogP contribution in [0.15, 0.2) is 0 Å². The predicted octanol–water partition coefficient (Wildman–Crippen LogP) is 0.327. The fourth-order valence-electron chi connectivity index (χ4n) is 1.51. The molecule has 0 aromatic carbocycles. The van der Waals surface area contributed by atoms with E-state index < -0.39 is 0 Å². The van der Waals surface area contributed by atoms with E-state index in [9.17, 15) is 4.79 Å². The maximum absolute atomic E-state index is 10.8. The van der Waals surface area contributed by atoms with Gasteiger partial charge in [0.15, 0.2) is 5.78 Å². The normalized spacial score (nSPS) is 35.6. The Morgan fingerprint density at radius 2 is 2.22 bits per heavy atom. The van der Waals surface area contributed by atoms with E-state index in [4.69, 9.17) is 0 Å². The third-order valence-corrected chi connectivity index (χ3v) is 2.46. The molecule has 2 heteroatoms. The van der Waals surface area contributed by atoms with Gasteiger partial charge in [-0.05, 0) is 18.8 Å². The van der Waals surface area contributed by atoms with Crippen molar-refractivity contribution in [3.63, 3.8) is 0 Å². The lowest BCUT2D eigenvalue weighted by molar-refractivity contribution is -0.128. The van der Waals surface area contributed by atoms with Gasteiger partial charge in [-0.25, -0.2) is 0 Å². The molecule has 0 bridgehead atoms. The summed E-state index contributed by atoms with van der Waals surface area (Å²) in [5.74, 6) is 1.13. The van der Waals surface area contributed by atoms with E-state index in [0.717, 1.165) is 0 Å². The largest absolute Gasteiger partial charge is 0.300 e. The number of hydrogen-bond donors (Lipinski definition) is 1. The first kappa shape index (κ1) is 5.42. The highest BCUT2D eigenvalue weighted by Gasteiger charge is 2.37. The molecule has 2 fully saturated rings. The van der Waals surface area contributed by atoms with E-state index in [-0.39, 0.29) is 6.04 Å². The standard InChI is InChI=1S/C7H11NO/c9-6-4-8-7(6)5-2-1-3-5/h5,7-8H,1-4H2. The van der Waals surface area contributed by atoms with E-state index in [1.54, 1.807) is 0 Å². The van der Waals surface area contributed by atoms with E-state index in [1.165, 1.54) is 19.3 Å². The van der Waals surface area contributed by atoms with E-state index in [1.807, 2.05) is 0 Å². The van der Waals surface area contributed by atoms with Crippen LogP contribution in [-0.2, 0) is 4.79 Å². The number of hydrogen-bond acceptors (Lipinski definition) is 2. The van der Waals surface area contributed by atoms with Crippen LogP contribution >= 0.6 is 0 Å². The number of carbonyl (C=O) groups is 1. The highest BCUT2D eigenvalue weighted by atomic mass is 16.1. The Labute approximate surface area is 54.6 Å². The molecular weight excluding hydrogens is 114 g/mol. The van der Waals surface area contributed by atoms with Crippen molar-refractivity contribution in [3.05, 3.63) is 0 Å². The second-order valence-electron chi connectivity index (χ2n) is 3.02. The molecule has 9 heavy (non-hydrogen) atoms. The molecule has 2 nitrogen and oxygen atoms in total. The van der Waals surface area contributed by atoms with Gasteiger partial charge in [-0.15, -0.1) is 0 Å². The maximum atomic E-state index is 10.8. The molecular formula is C7H11NO. The number of ketones is 1. The topological polar surface area (TPSA) is 29.1 Å². The Hall–Kier alpha value is -0.370. The van der Waals surface area contributed by atoms with Crippen LogP contribution in [0.25, 0.3) is 0 Å². The highest BCUT2D eigenvalue weighted by Crippen LogP contribution is 2.31. The first-order valence-corrected chi connectivity index (χ1v) is 3.64. The van der Waals surface area contributed by atoms with Crippen molar-refractivity contribution in [1.82, 2.24) is 5.32 Å². The first-order valence-electron chi connectivity index (χ1n) is 3.64. The quantitative estimate of drug-likeness (QED) is 0.547. The molecule has 0 amide bonds. The van der Waals surface area contributed by atoms with Gasteiger partial charge in [0.05, 0.1) is 12.6 Å². The van der Waals surface area contributed by atoms with Crippen molar-refractivity contribution in [2.45, 2.75) is 25.3 Å². The third-order valence-electron chi connectivity index (χ3n) is 2.46. The molecule has 1 heterocycles. The van der Waals surface area contributed by atoms with Gasteiger partial charge in [-0.1, -0.05) is 6.42 Å². The molecule has 1 unspecified atom stereocenters. The zero-order valence-electron chi connectivity index (χ0n) is 5.39. The summed E-state index contributed by atoms with van der Waals surface area (Å²) in [5, 5.41) is 3.15. The second-order valence-corrected chi connectivity index (χ2v) is 3.02. The summed E-state index contributed by atoms with van der Waals surface area (Å²) in [4.78, 5) is 10.8. The molecule has 0 aromatic rings. The third kappa shape index (κ3) is 0.697. The molecule has 1 aliphatic heterocycles. The maximum Gasteiger partial charge on any atom is 0.163 e. The Morgan fingerprint density at radius 3 is 2.33 bits per heavy atom. The van der Waals surface area contributed by atoms with Gasteiger partial charge in [-0.2, -0.15) is 0 Å². The fourth-order valence-corrected chi connectivity index (χ4v) is 1.51.